The fourth-order valence-electron chi connectivity index (χ4n) is 3.95. The highest BCUT2D eigenvalue weighted by Gasteiger charge is 2.31. The number of carbonyl (C=O) groups excluding carboxylic acids is 2. The highest BCUT2D eigenvalue weighted by molar-refractivity contribution is 5.89. The molecule has 4 aromatic carbocycles. The molecule has 0 unspecified atom stereocenters. The Bertz CT molecular complexity index is 1240. The zero-order chi connectivity index (χ0) is 25.2. The van der Waals surface area contributed by atoms with E-state index in [0.717, 1.165) is 22.3 Å². The predicted molar refractivity (Wildman–Crippen MR) is 141 cm³/mol. The lowest BCUT2D eigenvalue weighted by molar-refractivity contribution is -0.143. The van der Waals surface area contributed by atoms with Crippen LogP contribution in [0.25, 0.3) is 0 Å². The highest BCUT2D eigenvalue weighted by atomic mass is 16.5. The molecule has 0 saturated carbocycles. The fraction of sp³-hybridized carbons (Fsp3) is 0.161. The third kappa shape index (κ3) is 6.83. The van der Waals surface area contributed by atoms with Gasteiger partial charge in [-0.2, -0.15) is 0 Å². The number of nitrogens with one attached hydrogen (secondary N) is 1. The van der Waals surface area contributed by atoms with Crippen LogP contribution in [0.3, 0.4) is 0 Å². The quantitative estimate of drug-likeness (QED) is 0.329. The smallest absolute Gasteiger partial charge is 0.261 e. The van der Waals surface area contributed by atoms with Crippen molar-refractivity contribution in [3.05, 3.63) is 138 Å². The number of hydrogen-bond acceptors (Lipinski definition) is 3. The molecule has 4 rings (SSSR count). The third-order valence-electron chi connectivity index (χ3n) is 5.88. The van der Waals surface area contributed by atoms with E-state index in [9.17, 15) is 9.59 Å². The molecular formula is C31H30N2O3. The van der Waals surface area contributed by atoms with Gasteiger partial charge in [0.2, 0.25) is 5.91 Å². The SMILES string of the molecule is Cc1ccc(CNC(=O)[C@H](c2ccccc2)N(Cc2ccccc2)C(=O)COc2ccccc2)cc1. The Morgan fingerprint density at radius 2 is 1.33 bits per heavy atom. The van der Waals surface area contributed by atoms with Crippen LogP contribution in [0.15, 0.2) is 115 Å². The number of benzene rings is 4. The minimum absolute atomic E-state index is 0.175. The van der Waals surface area contributed by atoms with E-state index in [2.05, 4.69) is 5.32 Å². The molecule has 0 radical (unpaired) electrons. The van der Waals surface area contributed by atoms with Crippen molar-refractivity contribution < 1.29 is 14.3 Å². The summed E-state index contributed by atoms with van der Waals surface area (Å²) in [4.78, 5) is 28.8. The van der Waals surface area contributed by atoms with Crippen LogP contribution in [0.2, 0.25) is 0 Å². The van der Waals surface area contributed by atoms with Gasteiger partial charge in [0.05, 0.1) is 0 Å². The minimum Gasteiger partial charge on any atom is -0.484 e. The van der Waals surface area contributed by atoms with Gasteiger partial charge in [-0.1, -0.05) is 109 Å². The molecule has 0 aliphatic heterocycles. The van der Waals surface area contributed by atoms with Crippen LogP contribution in [0.4, 0.5) is 0 Å². The Labute approximate surface area is 212 Å². The average molecular weight is 479 g/mol. The van der Waals surface area contributed by atoms with Gasteiger partial charge in [-0.15, -0.1) is 0 Å². The molecule has 5 heteroatoms. The largest absolute Gasteiger partial charge is 0.484 e. The molecule has 0 bridgehead atoms. The molecule has 4 aromatic rings. The van der Waals surface area contributed by atoms with Crippen LogP contribution in [0.1, 0.15) is 28.3 Å². The molecular weight excluding hydrogens is 448 g/mol. The second-order valence-electron chi connectivity index (χ2n) is 8.63. The number of rotatable bonds is 10. The number of hydrogen-bond donors (Lipinski definition) is 1. The lowest BCUT2D eigenvalue weighted by atomic mass is 10.0. The van der Waals surface area contributed by atoms with Gasteiger partial charge in [0, 0.05) is 13.1 Å². The molecule has 2 amide bonds. The van der Waals surface area contributed by atoms with E-state index in [4.69, 9.17) is 4.74 Å². The first-order valence-electron chi connectivity index (χ1n) is 12.0. The van der Waals surface area contributed by atoms with Crippen molar-refractivity contribution in [1.82, 2.24) is 10.2 Å². The summed E-state index contributed by atoms with van der Waals surface area (Å²) >= 11 is 0. The van der Waals surface area contributed by atoms with Gasteiger partial charge in [0.25, 0.3) is 5.91 Å². The Kier molecular flexibility index (Phi) is 8.49. The number of ether oxygens (including phenoxy) is 1. The molecule has 5 nitrogen and oxygen atoms in total. The maximum atomic E-state index is 13.6. The minimum atomic E-state index is -0.816. The number of aryl methyl sites for hydroxylation is 1. The van der Waals surface area contributed by atoms with Crippen molar-refractivity contribution in [2.24, 2.45) is 0 Å². The number of amides is 2. The molecule has 0 fully saturated rings. The van der Waals surface area contributed by atoms with Crippen LogP contribution < -0.4 is 10.1 Å². The van der Waals surface area contributed by atoms with Gasteiger partial charge < -0.3 is 15.0 Å². The van der Waals surface area contributed by atoms with Crippen LogP contribution in [0.5, 0.6) is 5.75 Å². The summed E-state index contributed by atoms with van der Waals surface area (Å²) in [6.45, 7) is 2.50. The molecule has 0 spiro atoms. The molecule has 1 atom stereocenters. The monoisotopic (exact) mass is 478 g/mol. The van der Waals surface area contributed by atoms with E-state index >= 15 is 0 Å². The number of para-hydroxylation sites is 1. The van der Waals surface area contributed by atoms with E-state index in [1.807, 2.05) is 110 Å². The van der Waals surface area contributed by atoms with Crippen molar-refractivity contribution in [2.45, 2.75) is 26.1 Å². The number of nitrogens with zero attached hydrogens (tertiary/aromatic N) is 1. The Hall–Kier alpha value is -4.38. The second-order valence-corrected chi connectivity index (χ2v) is 8.63. The molecule has 36 heavy (non-hydrogen) atoms. The van der Waals surface area contributed by atoms with Crippen LogP contribution >= 0.6 is 0 Å². The summed E-state index contributed by atoms with van der Waals surface area (Å²) < 4.78 is 5.77. The van der Waals surface area contributed by atoms with Gasteiger partial charge in [-0.25, -0.2) is 0 Å². The number of carbonyl (C=O) groups is 2. The van der Waals surface area contributed by atoms with Gasteiger partial charge in [-0.3, -0.25) is 9.59 Å². The van der Waals surface area contributed by atoms with Gasteiger partial charge in [0.1, 0.15) is 11.8 Å². The second kappa shape index (κ2) is 12.4. The molecule has 0 heterocycles. The summed E-state index contributed by atoms with van der Waals surface area (Å²) in [5.74, 6) is 0.0819. The zero-order valence-corrected chi connectivity index (χ0v) is 20.3. The van der Waals surface area contributed by atoms with E-state index in [-0.39, 0.29) is 25.0 Å². The van der Waals surface area contributed by atoms with Crippen molar-refractivity contribution in [3.8, 4) is 5.75 Å². The summed E-state index contributed by atoms with van der Waals surface area (Å²) in [5, 5.41) is 3.04. The van der Waals surface area contributed by atoms with Gasteiger partial charge >= 0.3 is 0 Å². The zero-order valence-electron chi connectivity index (χ0n) is 20.3. The van der Waals surface area contributed by atoms with Crippen molar-refractivity contribution in [3.63, 3.8) is 0 Å². The maximum absolute atomic E-state index is 13.6. The van der Waals surface area contributed by atoms with E-state index in [1.54, 1.807) is 17.0 Å². The lowest BCUT2D eigenvalue weighted by Gasteiger charge is -2.31. The summed E-state index contributed by atoms with van der Waals surface area (Å²) in [5.41, 5.74) is 3.82. The first kappa shape index (κ1) is 24.7. The summed E-state index contributed by atoms with van der Waals surface area (Å²) in [7, 11) is 0. The van der Waals surface area contributed by atoms with Crippen LogP contribution in [-0.4, -0.2) is 23.3 Å². The van der Waals surface area contributed by atoms with Gasteiger partial charge in [-0.05, 0) is 35.7 Å². The molecule has 0 aliphatic carbocycles. The van der Waals surface area contributed by atoms with Crippen molar-refractivity contribution >= 4 is 11.8 Å². The molecule has 0 aromatic heterocycles. The first-order chi connectivity index (χ1) is 17.6. The van der Waals surface area contributed by atoms with Gasteiger partial charge in [0.15, 0.2) is 6.61 Å². The van der Waals surface area contributed by atoms with Crippen LogP contribution in [0, 0.1) is 6.92 Å². The Balaban J connectivity index is 1.61. The van der Waals surface area contributed by atoms with Crippen molar-refractivity contribution in [1.29, 1.82) is 0 Å². The van der Waals surface area contributed by atoms with E-state index in [1.165, 1.54) is 0 Å². The van der Waals surface area contributed by atoms with Crippen molar-refractivity contribution in [2.75, 3.05) is 6.61 Å². The third-order valence-corrected chi connectivity index (χ3v) is 5.88. The topological polar surface area (TPSA) is 58.6 Å². The normalized spacial score (nSPS) is 11.4. The lowest BCUT2D eigenvalue weighted by Crippen LogP contribution is -2.45. The summed E-state index contributed by atoms with van der Waals surface area (Å²) in [6, 6.07) is 35.5. The predicted octanol–water partition coefficient (Wildman–Crippen LogP) is 5.46. The van der Waals surface area contributed by atoms with Crippen LogP contribution in [-0.2, 0) is 22.7 Å². The fourth-order valence-corrected chi connectivity index (χ4v) is 3.95. The maximum Gasteiger partial charge on any atom is 0.261 e. The summed E-state index contributed by atoms with van der Waals surface area (Å²) in [6.07, 6.45) is 0. The molecule has 182 valence electrons. The molecule has 0 aliphatic rings. The highest BCUT2D eigenvalue weighted by Crippen LogP contribution is 2.24. The first-order valence-corrected chi connectivity index (χ1v) is 12.0. The Morgan fingerprint density at radius 1 is 0.750 bits per heavy atom. The average Bonchev–Trinajstić information content (AvgIpc) is 2.93. The standard InChI is InChI=1S/C31H30N2O3/c1-24-17-19-25(20-18-24)21-32-31(35)30(27-13-7-3-8-14-27)33(22-26-11-5-2-6-12-26)29(34)23-36-28-15-9-4-10-16-28/h2-20,30H,21-23H2,1H3,(H,32,35)/t30-/m0/s1. The van der Waals surface area contributed by atoms with E-state index < -0.39 is 6.04 Å². The Morgan fingerprint density at radius 3 is 1.97 bits per heavy atom. The molecule has 0 saturated heterocycles. The van der Waals surface area contributed by atoms with E-state index in [0.29, 0.717) is 12.3 Å². The molecule has 1 N–H and O–H groups in total.